The fraction of sp³-hybridized carbons (Fsp3) is 0.0588. The van der Waals surface area contributed by atoms with Crippen LogP contribution in [0.1, 0.15) is 10.8 Å². The second kappa shape index (κ2) is 7.07. The van der Waals surface area contributed by atoms with Gasteiger partial charge in [-0.2, -0.15) is 0 Å². The van der Waals surface area contributed by atoms with Gasteiger partial charge < -0.3 is 5.73 Å². The summed E-state index contributed by atoms with van der Waals surface area (Å²) in [6.07, 6.45) is 3.41. The molecule has 2 N–H and O–H groups in total. The molecule has 4 nitrogen and oxygen atoms in total. The van der Waals surface area contributed by atoms with E-state index in [4.69, 9.17) is 17.3 Å². The van der Waals surface area contributed by atoms with E-state index in [1.165, 1.54) is 23.9 Å². The number of nitrogens with two attached hydrogens (primary N) is 1. The van der Waals surface area contributed by atoms with E-state index in [0.29, 0.717) is 15.7 Å². The number of primary amides is 1. The van der Waals surface area contributed by atoms with Crippen LogP contribution in [-0.4, -0.2) is 15.5 Å². The molecule has 1 aromatic heterocycles. The van der Waals surface area contributed by atoms with Gasteiger partial charge in [0.05, 0.1) is 0 Å². The Bertz CT molecular complexity index is 866. The molecule has 3 rings (SSSR count). The molecule has 3 aromatic rings. The molecule has 0 spiro atoms. The van der Waals surface area contributed by atoms with Gasteiger partial charge in [-0.15, -0.1) is 0 Å². The van der Waals surface area contributed by atoms with Crippen molar-refractivity contribution < 1.29 is 9.18 Å². The Kier molecular flexibility index (Phi) is 4.87. The molecule has 1 atom stereocenters. The number of amides is 1. The van der Waals surface area contributed by atoms with Gasteiger partial charge in [-0.05, 0) is 35.9 Å². The smallest absolute Gasteiger partial charge is 0.235 e. The highest BCUT2D eigenvalue weighted by molar-refractivity contribution is 8.00. The Morgan fingerprint density at radius 1 is 1.25 bits per heavy atom. The fourth-order valence-electron chi connectivity index (χ4n) is 2.23. The molecule has 1 amide bonds. The lowest BCUT2D eigenvalue weighted by atomic mass is 10.1. The number of rotatable bonds is 5. The number of hydrogen-bond donors (Lipinski definition) is 1. The lowest BCUT2D eigenvalue weighted by Crippen LogP contribution is -2.19. The number of halogens is 2. The highest BCUT2D eigenvalue weighted by Gasteiger charge is 2.22. The lowest BCUT2D eigenvalue weighted by Gasteiger charge is -2.14. The molecular formula is C17H13ClFN3OS. The third-order valence-electron chi connectivity index (χ3n) is 3.35. The third kappa shape index (κ3) is 3.60. The zero-order chi connectivity index (χ0) is 17.1. The number of aromatic nitrogens is 2. The summed E-state index contributed by atoms with van der Waals surface area (Å²) in [7, 11) is 0. The van der Waals surface area contributed by atoms with Crippen molar-refractivity contribution in [3.05, 3.63) is 77.3 Å². The molecule has 0 unspecified atom stereocenters. The zero-order valence-electron chi connectivity index (χ0n) is 12.4. The predicted molar refractivity (Wildman–Crippen MR) is 92.8 cm³/mol. The minimum Gasteiger partial charge on any atom is -0.368 e. The van der Waals surface area contributed by atoms with Crippen LogP contribution in [0.2, 0.25) is 5.02 Å². The maximum atomic E-state index is 13.1. The Labute approximate surface area is 147 Å². The van der Waals surface area contributed by atoms with Gasteiger partial charge >= 0.3 is 0 Å². The van der Waals surface area contributed by atoms with Gasteiger partial charge in [-0.1, -0.05) is 41.6 Å². The van der Waals surface area contributed by atoms with E-state index in [1.807, 2.05) is 16.7 Å². The van der Waals surface area contributed by atoms with Crippen LogP contribution in [0, 0.1) is 5.82 Å². The van der Waals surface area contributed by atoms with Crippen LogP contribution in [0.4, 0.5) is 4.39 Å². The van der Waals surface area contributed by atoms with Gasteiger partial charge in [0.2, 0.25) is 5.91 Å². The molecule has 0 fully saturated rings. The van der Waals surface area contributed by atoms with Crippen molar-refractivity contribution in [3.63, 3.8) is 0 Å². The van der Waals surface area contributed by atoms with Crippen LogP contribution in [0.3, 0.4) is 0 Å². The molecule has 0 aliphatic heterocycles. The average molecular weight is 362 g/mol. The van der Waals surface area contributed by atoms with Crippen molar-refractivity contribution in [2.75, 3.05) is 0 Å². The summed E-state index contributed by atoms with van der Waals surface area (Å²) in [5, 5.41) is 0.512. The first-order chi connectivity index (χ1) is 11.5. The lowest BCUT2D eigenvalue weighted by molar-refractivity contribution is -0.117. The highest BCUT2D eigenvalue weighted by atomic mass is 35.5. The van der Waals surface area contributed by atoms with Crippen molar-refractivity contribution in [1.29, 1.82) is 0 Å². The number of carbonyl (C=O) groups is 1. The number of imidazole rings is 1. The molecule has 2 aromatic carbocycles. The molecule has 1 heterocycles. The van der Waals surface area contributed by atoms with E-state index in [0.717, 1.165) is 5.69 Å². The summed E-state index contributed by atoms with van der Waals surface area (Å²) in [6.45, 7) is 0. The van der Waals surface area contributed by atoms with Gasteiger partial charge in [-0.25, -0.2) is 9.37 Å². The first-order valence-electron chi connectivity index (χ1n) is 7.05. The summed E-state index contributed by atoms with van der Waals surface area (Å²) >= 11 is 7.23. The molecular weight excluding hydrogens is 349 g/mol. The molecule has 24 heavy (non-hydrogen) atoms. The quantitative estimate of drug-likeness (QED) is 0.699. The van der Waals surface area contributed by atoms with Crippen molar-refractivity contribution in [3.8, 4) is 5.69 Å². The average Bonchev–Trinajstić information content (AvgIpc) is 3.02. The monoisotopic (exact) mass is 361 g/mol. The molecule has 0 radical (unpaired) electrons. The molecule has 7 heteroatoms. The maximum Gasteiger partial charge on any atom is 0.235 e. The van der Waals surface area contributed by atoms with Crippen LogP contribution >= 0.6 is 23.4 Å². The Morgan fingerprint density at radius 3 is 2.67 bits per heavy atom. The number of hydrogen-bond acceptors (Lipinski definition) is 3. The third-order valence-corrected chi connectivity index (χ3v) is 4.84. The molecule has 0 saturated heterocycles. The number of thioether (sulfide) groups is 1. The van der Waals surface area contributed by atoms with E-state index in [2.05, 4.69) is 4.98 Å². The van der Waals surface area contributed by atoms with Crippen LogP contribution in [0.25, 0.3) is 5.69 Å². The SMILES string of the molecule is NC(=O)[C@H](Sc1nccn1-c1cccc(Cl)c1)c1ccc(F)cc1. The van der Waals surface area contributed by atoms with Gasteiger partial charge in [0.1, 0.15) is 11.1 Å². The molecule has 0 aliphatic rings. The van der Waals surface area contributed by atoms with E-state index >= 15 is 0 Å². The number of nitrogens with zero attached hydrogens (tertiary/aromatic N) is 2. The molecule has 0 saturated carbocycles. The molecule has 122 valence electrons. The molecule has 0 bridgehead atoms. The number of benzene rings is 2. The summed E-state index contributed by atoms with van der Waals surface area (Å²) in [6, 6.07) is 13.0. The van der Waals surface area contributed by atoms with Crippen molar-refractivity contribution in [2.24, 2.45) is 5.73 Å². The fourth-order valence-corrected chi connectivity index (χ4v) is 3.44. The Morgan fingerprint density at radius 2 is 2.00 bits per heavy atom. The van der Waals surface area contributed by atoms with Gasteiger partial charge in [0.15, 0.2) is 5.16 Å². The topological polar surface area (TPSA) is 60.9 Å². The summed E-state index contributed by atoms with van der Waals surface area (Å²) < 4.78 is 14.9. The second-order valence-corrected chi connectivity index (χ2v) is 6.52. The summed E-state index contributed by atoms with van der Waals surface area (Å²) in [5.74, 6) is -0.889. The molecule has 0 aliphatic carbocycles. The zero-order valence-corrected chi connectivity index (χ0v) is 14.0. The van der Waals surface area contributed by atoms with Gasteiger partial charge in [0, 0.05) is 23.1 Å². The second-order valence-electron chi connectivity index (χ2n) is 5.01. The van der Waals surface area contributed by atoms with Gasteiger partial charge in [0.25, 0.3) is 0 Å². The van der Waals surface area contributed by atoms with Crippen LogP contribution < -0.4 is 5.73 Å². The minimum absolute atomic E-state index is 0.368. The standard InChI is InChI=1S/C17H13ClFN3OS/c18-12-2-1-3-14(10-12)22-9-8-21-17(22)24-15(16(20)23)11-4-6-13(19)7-5-11/h1-10,15H,(H2,20,23)/t15-/m1/s1. The van der Waals surface area contributed by atoms with Gasteiger partial charge in [-0.3, -0.25) is 9.36 Å². The first-order valence-corrected chi connectivity index (χ1v) is 8.31. The first kappa shape index (κ1) is 16.5. The summed E-state index contributed by atoms with van der Waals surface area (Å²) in [5.41, 5.74) is 6.97. The highest BCUT2D eigenvalue weighted by Crippen LogP contribution is 2.35. The van der Waals surface area contributed by atoms with Crippen LogP contribution in [-0.2, 0) is 4.79 Å². The number of carbonyl (C=O) groups excluding carboxylic acids is 1. The van der Waals surface area contributed by atoms with Crippen molar-refractivity contribution >= 4 is 29.3 Å². The van der Waals surface area contributed by atoms with E-state index in [9.17, 15) is 9.18 Å². The van der Waals surface area contributed by atoms with E-state index in [-0.39, 0.29) is 5.82 Å². The maximum absolute atomic E-state index is 13.1. The minimum atomic E-state index is -0.675. The Hall–Kier alpha value is -2.31. The summed E-state index contributed by atoms with van der Waals surface area (Å²) in [4.78, 5) is 16.2. The van der Waals surface area contributed by atoms with Crippen molar-refractivity contribution in [1.82, 2.24) is 9.55 Å². The largest absolute Gasteiger partial charge is 0.368 e. The van der Waals surface area contributed by atoms with Crippen molar-refractivity contribution in [2.45, 2.75) is 10.4 Å². The predicted octanol–water partition coefficient (Wildman–Crippen LogP) is 3.98. The van der Waals surface area contributed by atoms with Crippen LogP contribution in [0.15, 0.2) is 66.1 Å². The van der Waals surface area contributed by atoms with E-state index < -0.39 is 11.2 Å². The van der Waals surface area contributed by atoms with Crippen LogP contribution in [0.5, 0.6) is 0 Å². The normalized spacial score (nSPS) is 12.1. The Balaban J connectivity index is 1.93. The van der Waals surface area contributed by atoms with E-state index in [1.54, 1.807) is 36.7 Å².